The van der Waals surface area contributed by atoms with Crippen molar-refractivity contribution in [2.45, 2.75) is 27.7 Å². The lowest BCUT2D eigenvalue weighted by molar-refractivity contribution is 1.18. The largest absolute Gasteiger partial charge is 0.309 e. The molecule has 0 saturated carbocycles. The molecule has 0 amide bonds. The lowest BCUT2D eigenvalue weighted by Gasteiger charge is -2.20. The van der Waals surface area contributed by atoms with E-state index in [1.165, 1.54) is 254 Å². The maximum atomic E-state index is 2.43. The Morgan fingerprint density at radius 1 is 0.115 bits per heavy atom. The van der Waals surface area contributed by atoms with E-state index in [-0.39, 0.29) is 0 Å². The van der Waals surface area contributed by atoms with Crippen molar-refractivity contribution >= 4 is 86.7 Å². The molecule has 2 aromatic heterocycles. The number of hydrogen-bond acceptors (Lipinski definition) is 0. The zero-order chi connectivity index (χ0) is 86.9. The first kappa shape index (κ1) is 78.2. The van der Waals surface area contributed by atoms with Gasteiger partial charge >= 0.3 is 0 Å². The predicted molar refractivity (Wildman–Crippen MR) is 556 cm³/mol. The minimum absolute atomic E-state index is 1.17. The molecule has 0 N–H and O–H groups in total. The minimum atomic E-state index is 1.17. The molecule has 0 atom stereocenters. The Morgan fingerprint density at radius 2 is 0.323 bits per heavy atom. The maximum Gasteiger partial charge on any atom is 0.0541 e. The number of aromatic nitrogens is 2. The van der Waals surface area contributed by atoms with E-state index in [4.69, 9.17) is 0 Å². The van der Waals surface area contributed by atoms with Crippen LogP contribution in [0.1, 0.15) is 22.3 Å². The molecule has 0 aliphatic rings. The fourth-order valence-electron chi connectivity index (χ4n) is 20.2. The van der Waals surface area contributed by atoms with Gasteiger partial charge in [-0.1, -0.05) is 411 Å². The van der Waals surface area contributed by atoms with E-state index < -0.39 is 0 Å². The molecule has 0 unspecified atom stereocenters. The molecule has 0 saturated heterocycles. The summed E-state index contributed by atoms with van der Waals surface area (Å²) in [5.74, 6) is 0. The second-order valence-electron chi connectivity index (χ2n) is 34.9. The van der Waals surface area contributed by atoms with Crippen LogP contribution in [0, 0.1) is 27.7 Å². The first-order chi connectivity index (χ1) is 64.1. The number of hydrogen-bond donors (Lipinski definition) is 0. The van der Waals surface area contributed by atoms with Crippen LogP contribution in [0.5, 0.6) is 0 Å². The molecule has 0 radical (unpaired) electrons. The predicted octanol–water partition coefficient (Wildman–Crippen LogP) is 35.4. The molecule has 0 aliphatic heterocycles. The van der Waals surface area contributed by atoms with Gasteiger partial charge in [0.25, 0.3) is 0 Å². The molecule has 24 aromatic rings. The van der Waals surface area contributed by atoms with Crippen LogP contribution < -0.4 is 0 Å². The molecule has 2 heterocycles. The Kier molecular flexibility index (Phi) is 19.9. The van der Waals surface area contributed by atoms with Gasteiger partial charge in [0.05, 0.1) is 22.1 Å². The van der Waals surface area contributed by atoms with Gasteiger partial charge in [0.15, 0.2) is 0 Å². The van der Waals surface area contributed by atoms with E-state index in [0.717, 1.165) is 0 Å². The fraction of sp³-hybridized carbons (Fsp3) is 0.0312. The van der Waals surface area contributed by atoms with Crippen LogP contribution >= 0.6 is 0 Å². The zero-order valence-electron chi connectivity index (χ0n) is 72.9. The molecule has 24 rings (SSSR count). The summed E-state index contributed by atoms with van der Waals surface area (Å²) in [4.78, 5) is 0. The van der Waals surface area contributed by atoms with Crippen molar-refractivity contribution in [3.8, 4) is 145 Å². The number of nitrogens with zero attached hydrogens (tertiary/aromatic N) is 2. The third-order valence-corrected chi connectivity index (χ3v) is 26.7. The summed E-state index contributed by atoms with van der Waals surface area (Å²) in [6, 6.07) is 175. The van der Waals surface area contributed by atoms with Crippen molar-refractivity contribution in [1.29, 1.82) is 0 Å². The van der Waals surface area contributed by atoms with Gasteiger partial charge in [-0.2, -0.15) is 0 Å². The monoisotopic (exact) mass is 1650 g/mol. The third kappa shape index (κ3) is 14.4. The van der Waals surface area contributed by atoms with Crippen molar-refractivity contribution in [2.75, 3.05) is 0 Å². The van der Waals surface area contributed by atoms with Gasteiger partial charge in [0.2, 0.25) is 0 Å². The summed E-state index contributed by atoms with van der Waals surface area (Å²) < 4.78 is 4.76. The number of aryl methyl sites for hydroxylation is 4. The molecule has 612 valence electrons. The van der Waals surface area contributed by atoms with Gasteiger partial charge in [0.1, 0.15) is 0 Å². The van der Waals surface area contributed by atoms with E-state index in [2.05, 4.69) is 510 Å². The molecule has 130 heavy (non-hydrogen) atoms. The molecule has 0 spiro atoms. The SMILES string of the molecule is Cc1ccc(-c2ccc3c(-c4ccc(-c5ccc6c(c5)c5ccccc5n6-c5ccccc5)cc4)c4cc(-c5ccc(C)cc5)ccc4c(-c4ccc(-c5ccc(-c6ccccc6)cc5)cc4)c3c2)cc1.Cc1cccc(-c2ccc3c(-c4ccc(-c5ccc6c(c5)c5ccccc5n6-c5ccccc5)cc4)c4cc(-c5cccc(C)c5)ccc4c(-c4ccccc4)c3c2)c1. The normalized spacial score (nSPS) is 11.5. The summed E-state index contributed by atoms with van der Waals surface area (Å²) in [7, 11) is 0. The Hall–Kier alpha value is -16.5. The van der Waals surface area contributed by atoms with Crippen LogP contribution in [-0.2, 0) is 0 Å². The molecule has 0 fully saturated rings. The van der Waals surface area contributed by atoms with Gasteiger partial charge in [-0.3, -0.25) is 0 Å². The standard InChI is InChI=1S/C70H49N.C58H41N/c1-46-17-21-52(22-18-46)57-38-41-63-65(44-57)69(55-33-29-51(30-34-55)50-27-25-49(26-28-50)48-11-5-3-6-12-48)62-40-37-58(53-23-19-47(2)20-24-53)45-66(62)70(63)56-35-31-54(32-36-56)59-39-42-68-64(43-59)61-15-9-10-16-67(61)71(68)60-13-7-4-8-14-60;1-38-13-11-17-43(33-38)46-28-31-51-53(36-46)57(41-15-5-3-6-16-41)50-30-27-47(44-18-12-14-39(2)34-44)37-54(50)58(51)42-25-23-40(24-26-42)45-29-32-56-52(35-45)49-21-9-10-22-55(49)59(56)48-19-7-4-8-20-48/h3-45H,1-2H3;3-37H,1-2H3. The quantitative estimate of drug-likeness (QED) is 0.0961. The van der Waals surface area contributed by atoms with Crippen molar-refractivity contribution in [2.24, 2.45) is 0 Å². The van der Waals surface area contributed by atoms with Crippen molar-refractivity contribution < 1.29 is 0 Å². The second-order valence-corrected chi connectivity index (χ2v) is 34.9. The number of para-hydroxylation sites is 4. The average molecular weight is 1660 g/mol. The Labute approximate surface area is 758 Å². The van der Waals surface area contributed by atoms with Gasteiger partial charge in [-0.25, -0.2) is 0 Å². The fourth-order valence-corrected chi connectivity index (χ4v) is 20.2. The highest BCUT2D eigenvalue weighted by molar-refractivity contribution is 6.25. The van der Waals surface area contributed by atoms with Gasteiger partial charge in [-0.05, 0) is 289 Å². The number of fused-ring (bicyclic) bond motifs is 10. The molecular formula is C128H90N2. The van der Waals surface area contributed by atoms with Crippen LogP contribution in [0.15, 0.2) is 473 Å². The van der Waals surface area contributed by atoms with Crippen LogP contribution in [-0.4, -0.2) is 9.13 Å². The van der Waals surface area contributed by atoms with E-state index in [0.29, 0.717) is 0 Å². The van der Waals surface area contributed by atoms with E-state index >= 15 is 0 Å². The van der Waals surface area contributed by atoms with Crippen LogP contribution in [0.3, 0.4) is 0 Å². The van der Waals surface area contributed by atoms with E-state index in [1.807, 2.05) is 0 Å². The minimum Gasteiger partial charge on any atom is -0.309 e. The molecule has 0 bridgehead atoms. The molecule has 0 aliphatic carbocycles. The molecule has 2 nitrogen and oxygen atoms in total. The second kappa shape index (κ2) is 33.1. The van der Waals surface area contributed by atoms with E-state index in [9.17, 15) is 0 Å². The lowest BCUT2D eigenvalue weighted by atomic mass is 9.83. The summed E-state index contributed by atoms with van der Waals surface area (Å²) >= 11 is 0. The first-order valence-electron chi connectivity index (χ1n) is 45.1. The average Bonchev–Trinajstić information content (AvgIpc) is 1.30. The Bertz CT molecular complexity index is 8460. The topological polar surface area (TPSA) is 9.86 Å². The van der Waals surface area contributed by atoms with Crippen molar-refractivity contribution in [3.05, 3.63) is 495 Å². The van der Waals surface area contributed by atoms with Gasteiger partial charge in [0, 0.05) is 32.9 Å². The summed E-state index contributed by atoms with van der Waals surface area (Å²) in [5.41, 5.74) is 41.4. The number of rotatable bonds is 14. The highest BCUT2D eigenvalue weighted by atomic mass is 15.0. The summed E-state index contributed by atoms with van der Waals surface area (Å²) in [6.07, 6.45) is 0. The first-order valence-corrected chi connectivity index (χ1v) is 45.1. The Morgan fingerprint density at radius 3 is 0.646 bits per heavy atom. The van der Waals surface area contributed by atoms with Gasteiger partial charge < -0.3 is 9.13 Å². The molecular weight excluding hydrogens is 1570 g/mol. The molecule has 22 aromatic carbocycles. The third-order valence-electron chi connectivity index (χ3n) is 26.7. The molecule has 2 heteroatoms. The summed E-state index contributed by atoms with van der Waals surface area (Å²) in [6.45, 7) is 8.65. The van der Waals surface area contributed by atoms with Crippen molar-refractivity contribution in [1.82, 2.24) is 9.13 Å². The smallest absolute Gasteiger partial charge is 0.0541 e. The maximum absolute atomic E-state index is 2.43. The van der Waals surface area contributed by atoms with Crippen LogP contribution in [0.25, 0.3) is 232 Å². The van der Waals surface area contributed by atoms with Crippen molar-refractivity contribution in [3.63, 3.8) is 0 Å². The van der Waals surface area contributed by atoms with Crippen LogP contribution in [0.2, 0.25) is 0 Å². The van der Waals surface area contributed by atoms with Crippen LogP contribution in [0.4, 0.5) is 0 Å². The highest BCUT2D eigenvalue weighted by Crippen LogP contribution is 2.51. The zero-order valence-corrected chi connectivity index (χ0v) is 72.9. The Balaban J connectivity index is 0.000000151. The summed E-state index contributed by atoms with van der Waals surface area (Å²) in [5, 5.41) is 15.0. The lowest BCUT2D eigenvalue weighted by Crippen LogP contribution is -1.93. The van der Waals surface area contributed by atoms with Gasteiger partial charge in [-0.15, -0.1) is 0 Å². The number of benzene rings is 22. The van der Waals surface area contributed by atoms with E-state index in [1.54, 1.807) is 0 Å². The highest BCUT2D eigenvalue weighted by Gasteiger charge is 2.24.